The second-order valence-corrected chi connectivity index (χ2v) is 10.0. The van der Waals surface area contributed by atoms with Crippen LogP contribution < -0.4 is 10.4 Å². The second-order valence-electron chi connectivity index (χ2n) is 10.0. The number of hydrogen-bond donors (Lipinski definition) is 0. The number of hydrogen-bond acceptors (Lipinski definition) is 5. The van der Waals surface area contributed by atoms with Gasteiger partial charge in [-0.3, -0.25) is 4.79 Å². The summed E-state index contributed by atoms with van der Waals surface area (Å²) in [4.78, 5) is 23.2. The van der Waals surface area contributed by atoms with E-state index in [0.717, 1.165) is 24.6 Å². The van der Waals surface area contributed by atoms with Crippen LogP contribution >= 0.6 is 0 Å². The summed E-state index contributed by atoms with van der Waals surface area (Å²) in [6, 6.07) is 8.81. The van der Waals surface area contributed by atoms with Crippen molar-refractivity contribution in [3.05, 3.63) is 52.4 Å². The minimum Gasteiger partial charge on any atom is -0.493 e. The molecule has 2 aromatic rings. The molecule has 4 unspecified atom stereocenters. The van der Waals surface area contributed by atoms with Crippen molar-refractivity contribution in [3.63, 3.8) is 0 Å². The quantitative estimate of drug-likeness (QED) is 0.368. The zero-order chi connectivity index (χ0) is 22.4. The van der Waals surface area contributed by atoms with Crippen LogP contribution in [0.1, 0.15) is 53.9 Å². The summed E-state index contributed by atoms with van der Waals surface area (Å²) >= 11 is 0. The van der Waals surface area contributed by atoms with Gasteiger partial charge in [-0.25, -0.2) is 4.79 Å². The lowest BCUT2D eigenvalue weighted by atomic mass is 9.48. The summed E-state index contributed by atoms with van der Waals surface area (Å²) < 4.78 is 17.3. The van der Waals surface area contributed by atoms with Crippen LogP contribution in [-0.4, -0.2) is 18.7 Å². The van der Waals surface area contributed by atoms with Gasteiger partial charge < -0.3 is 13.9 Å². The van der Waals surface area contributed by atoms with Gasteiger partial charge in [0.15, 0.2) is 0 Å². The molecule has 2 aliphatic carbocycles. The fourth-order valence-corrected chi connectivity index (χ4v) is 6.06. The number of carbonyl (C=O) groups excluding carboxylic acids is 1. The van der Waals surface area contributed by atoms with Crippen LogP contribution in [0.5, 0.6) is 5.75 Å². The predicted octanol–water partition coefficient (Wildman–Crippen LogP) is 5.51. The molecule has 1 aromatic heterocycles. The van der Waals surface area contributed by atoms with E-state index in [0.29, 0.717) is 23.9 Å². The highest BCUT2D eigenvalue weighted by Gasteiger charge is 2.56. The first-order valence-corrected chi connectivity index (χ1v) is 11.1. The third-order valence-electron chi connectivity index (χ3n) is 7.81. The van der Waals surface area contributed by atoms with Gasteiger partial charge in [-0.05, 0) is 55.7 Å². The molecule has 0 bridgehead atoms. The van der Waals surface area contributed by atoms with Gasteiger partial charge in [-0.2, -0.15) is 0 Å². The van der Waals surface area contributed by atoms with E-state index in [4.69, 9.17) is 13.9 Å². The highest BCUT2D eigenvalue weighted by atomic mass is 16.5. The van der Waals surface area contributed by atoms with E-state index < -0.39 is 0 Å². The number of ether oxygens (including phenoxy) is 2. The van der Waals surface area contributed by atoms with E-state index >= 15 is 0 Å². The monoisotopic (exact) mass is 424 g/mol. The minimum absolute atomic E-state index is 0.0557. The fraction of sp³-hybridized carbons (Fsp3) is 0.538. The van der Waals surface area contributed by atoms with Crippen LogP contribution in [0.4, 0.5) is 0 Å². The number of esters is 1. The van der Waals surface area contributed by atoms with Crippen molar-refractivity contribution < 1.29 is 18.7 Å². The molecule has 4 rings (SSSR count). The van der Waals surface area contributed by atoms with Crippen molar-refractivity contribution in [1.29, 1.82) is 0 Å². The zero-order valence-electron chi connectivity index (χ0n) is 19.1. The maximum Gasteiger partial charge on any atom is 0.336 e. The van der Waals surface area contributed by atoms with Gasteiger partial charge in [0.2, 0.25) is 0 Å². The van der Waals surface area contributed by atoms with Gasteiger partial charge in [0, 0.05) is 35.8 Å². The molecule has 5 nitrogen and oxygen atoms in total. The molecule has 1 fully saturated rings. The Morgan fingerprint density at radius 1 is 1.19 bits per heavy atom. The molecule has 166 valence electrons. The van der Waals surface area contributed by atoms with Crippen molar-refractivity contribution >= 4 is 16.9 Å². The Balaban J connectivity index is 1.57. The molecule has 4 atom stereocenters. The smallest absolute Gasteiger partial charge is 0.336 e. The molecule has 31 heavy (non-hydrogen) atoms. The Bertz CT molecular complexity index is 1080. The van der Waals surface area contributed by atoms with Crippen LogP contribution in [-0.2, 0) is 9.53 Å². The molecule has 0 aliphatic heterocycles. The first-order chi connectivity index (χ1) is 14.6. The van der Waals surface area contributed by atoms with Crippen molar-refractivity contribution in [2.45, 2.75) is 60.0 Å². The SMILES string of the molecule is CC(=O)OC1CCC2(C)C(COc3ccc4ccc(=O)oc4c3)C(C)=CCC2C1(C)C. The maximum atomic E-state index is 11.6. The maximum absolute atomic E-state index is 11.6. The molecule has 0 saturated heterocycles. The molecule has 0 spiro atoms. The third-order valence-corrected chi connectivity index (χ3v) is 7.81. The van der Waals surface area contributed by atoms with Crippen LogP contribution in [0, 0.1) is 22.7 Å². The standard InChI is InChI=1S/C26H32O5/c1-16-6-10-22-25(3,4)23(30-17(2)27)12-13-26(22,5)20(16)15-29-19-9-7-18-8-11-24(28)31-21(18)14-19/h6-9,11,14,20,22-23H,10,12-13,15H2,1-5H3. The van der Waals surface area contributed by atoms with Gasteiger partial charge in [0.25, 0.3) is 0 Å². The Hall–Kier alpha value is -2.56. The first kappa shape index (κ1) is 21.7. The second kappa shape index (κ2) is 7.85. The summed E-state index contributed by atoms with van der Waals surface area (Å²) in [5.41, 5.74) is 1.47. The van der Waals surface area contributed by atoms with Crippen LogP contribution in [0.2, 0.25) is 0 Å². The number of carbonyl (C=O) groups is 1. The topological polar surface area (TPSA) is 65.7 Å². The van der Waals surface area contributed by atoms with Gasteiger partial charge in [0.05, 0.1) is 6.61 Å². The number of benzene rings is 1. The van der Waals surface area contributed by atoms with E-state index in [1.54, 1.807) is 12.1 Å². The van der Waals surface area contributed by atoms with E-state index in [1.165, 1.54) is 18.6 Å². The predicted molar refractivity (Wildman–Crippen MR) is 120 cm³/mol. The Labute approximate surface area is 183 Å². The summed E-state index contributed by atoms with van der Waals surface area (Å²) in [5, 5.41) is 0.873. The number of rotatable bonds is 4. The highest BCUT2D eigenvalue weighted by Crippen LogP contribution is 2.60. The minimum atomic E-state index is -0.363. The lowest BCUT2D eigenvalue weighted by molar-refractivity contribution is -0.172. The fourth-order valence-electron chi connectivity index (χ4n) is 6.06. The zero-order valence-corrected chi connectivity index (χ0v) is 19.1. The number of allylic oxidation sites excluding steroid dienone is 1. The Morgan fingerprint density at radius 3 is 2.68 bits per heavy atom. The average molecular weight is 425 g/mol. The third kappa shape index (κ3) is 3.90. The molecule has 0 amide bonds. The van der Waals surface area contributed by atoms with Crippen molar-refractivity contribution in [3.8, 4) is 5.75 Å². The first-order valence-electron chi connectivity index (χ1n) is 11.1. The lowest BCUT2D eigenvalue weighted by Gasteiger charge is -2.58. The Kier molecular flexibility index (Phi) is 5.48. The van der Waals surface area contributed by atoms with E-state index in [1.807, 2.05) is 12.1 Å². The summed E-state index contributed by atoms with van der Waals surface area (Å²) in [7, 11) is 0. The molecule has 1 saturated carbocycles. The van der Waals surface area contributed by atoms with E-state index in [9.17, 15) is 9.59 Å². The van der Waals surface area contributed by atoms with Crippen molar-refractivity contribution in [2.75, 3.05) is 6.61 Å². The van der Waals surface area contributed by atoms with Gasteiger partial charge >= 0.3 is 11.6 Å². The van der Waals surface area contributed by atoms with Crippen LogP contribution in [0.3, 0.4) is 0 Å². The highest BCUT2D eigenvalue weighted by molar-refractivity contribution is 5.77. The molecule has 5 heteroatoms. The molecule has 1 heterocycles. The normalized spacial score (nSPS) is 29.7. The van der Waals surface area contributed by atoms with E-state index in [-0.39, 0.29) is 34.4 Å². The molecule has 1 aromatic carbocycles. The molecule has 0 radical (unpaired) electrons. The van der Waals surface area contributed by atoms with E-state index in [2.05, 4.69) is 33.8 Å². The van der Waals surface area contributed by atoms with Crippen molar-refractivity contribution in [2.24, 2.45) is 22.7 Å². The average Bonchev–Trinajstić information content (AvgIpc) is 2.69. The Morgan fingerprint density at radius 2 is 1.94 bits per heavy atom. The van der Waals surface area contributed by atoms with Crippen LogP contribution in [0.15, 0.2) is 51.2 Å². The molecular formula is C26H32O5. The summed E-state index contributed by atoms with van der Waals surface area (Å²) in [6.07, 6.45) is 5.12. The van der Waals surface area contributed by atoms with Crippen molar-refractivity contribution in [1.82, 2.24) is 0 Å². The largest absolute Gasteiger partial charge is 0.493 e. The summed E-state index contributed by atoms with van der Waals surface area (Å²) in [6.45, 7) is 11.1. The lowest BCUT2D eigenvalue weighted by Crippen LogP contribution is -2.55. The van der Waals surface area contributed by atoms with Gasteiger partial charge in [-0.15, -0.1) is 0 Å². The van der Waals surface area contributed by atoms with Gasteiger partial charge in [0.1, 0.15) is 17.4 Å². The molecular weight excluding hydrogens is 392 g/mol. The van der Waals surface area contributed by atoms with Gasteiger partial charge in [-0.1, -0.05) is 32.4 Å². The van der Waals surface area contributed by atoms with Crippen LogP contribution in [0.25, 0.3) is 11.0 Å². The molecule has 0 N–H and O–H groups in total. The summed E-state index contributed by atoms with van der Waals surface area (Å²) in [5.74, 6) is 1.16. The number of fused-ring (bicyclic) bond motifs is 2. The molecule has 2 aliphatic rings.